The zero-order valence-electron chi connectivity index (χ0n) is 6.82. The molecule has 3 nitrogen and oxygen atoms in total. The molecule has 0 saturated carbocycles. The Balaban J connectivity index is 0.000000354. The van der Waals surface area contributed by atoms with E-state index in [1.807, 2.05) is 37.3 Å². The van der Waals surface area contributed by atoms with Crippen LogP contribution in [0.15, 0.2) is 30.3 Å². The zero-order valence-corrected chi connectivity index (χ0v) is 6.82. The molecule has 3 heteroatoms. The van der Waals surface area contributed by atoms with Gasteiger partial charge in [0, 0.05) is 0 Å². The number of hydrogen-bond donors (Lipinski definition) is 0. The maximum atomic E-state index is 8.12. The first-order valence-electron chi connectivity index (χ1n) is 3.52. The molecule has 0 fully saturated rings. The predicted octanol–water partition coefficient (Wildman–Crippen LogP) is 1.50. The van der Waals surface area contributed by atoms with E-state index in [0.717, 1.165) is 12.4 Å². The minimum atomic E-state index is 0.250. The summed E-state index contributed by atoms with van der Waals surface area (Å²) in [6.07, 6.45) is 0.250. The minimum Gasteiger partial charge on any atom is -0.494 e. The van der Waals surface area contributed by atoms with Crippen molar-refractivity contribution in [1.29, 1.82) is 0 Å². The Kier molecular flexibility index (Phi) is 6.51. The third kappa shape index (κ3) is 5.21. The molecule has 1 rings (SSSR count). The van der Waals surface area contributed by atoms with E-state index < -0.39 is 0 Å². The lowest BCUT2D eigenvalue weighted by molar-refractivity contribution is -0.191. The van der Waals surface area contributed by atoms with Crippen molar-refractivity contribution in [2.24, 2.45) is 0 Å². The van der Waals surface area contributed by atoms with Gasteiger partial charge in [0.1, 0.15) is 5.75 Å². The third-order valence-corrected chi connectivity index (χ3v) is 1.05. The largest absolute Gasteiger partial charge is 0.494 e. The lowest BCUT2D eigenvalue weighted by Gasteiger charge is -1.99. The number of hydrogen-bond acceptors (Lipinski definition) is 3. The van der Waals surface area contributed by atoms with Crippen LogP contribution in [0.3, 0.4) is 0 Å². The van der Waals surface area contributed by atoms with E-state index in [0.29, 0.717) is 0 Å². The van der Waals surface area contributed by atoms with E-state index >= 15 is 0 Å². The highest BCUT2D eigenvalue weighted by Gasteiger charge is 1.83. The highest BCUT2D eigenvalue weighted by Crippen LogP contribution is 2.06. The summed E-state index contributed by atoms with van der Waals surface area (Å²) in [7, 11) is 0. The van der Waals surface area contributed by atoms with Crippen molar-refractivity contribution >= 4 is 6.15 Å². The van der Waals surface area contributed by atoms with Gasteiger partial charge in [0.05, 0.1) is 6.61 Å². The monoisotopic (exact) mass is 166 g/mol. The number of para-hydroxylation sites is 1. The summed E-state index contributed by atoms with van der Waals surface area (Å²) in [5.41, 5.74) is 0. The van der Waals surface area contributed by atoms with Gasteiger partial charge in [0.2, 0.25) is 0 Å². The van der Waals surface area contributed by atoms with Gasteiger partial charge in [-0.1, -0.05) is 18.2 Å². The summed E-state index contributed by atoms with van der Waals surface area (Å²) >= 11 is 0. The van der Waals surface area contributed by atoms with E-state index in [2.05, 4.69) is 0 Å². The van der Waals surface area contributed by atoms with Gasteiger partial charge >= 0.3 is 6.15 Å². The average molecular weight is 166 g/mol. The van der Waals surface area contributed by atoms with Gasteiger partial charge in [-0.15, -0.1) is 0 Å². The molecule has 0 aliphatic carbocycles. The van der Waals surface area contributed by atoms with Crippen molar-refractivity contribution < 1.29 is 14.3 Å². The van der Waals surface area contributed by atoms with Crippen molar-refractivity contribution in [3.05, 3.63) is 30.3 Å². The molecule has 0 saturated heterocycles. The molecule has 64 valence electrons. The van der Waals surface area contributed by atoms with Crippen LogP contribution in [0.4, 0.5) is 0 Å². The smallest absolute Gasteiger partial charge is 0.373 e. The van der Waals surface area contributed by atoms with Crippen LogP contribution in [-0.4, -0.2) is 12.8 Å². The standard InChI is InChI=1S/C8H10O.CO2/c1-2-9-8-6-4-3-5-7-8;2-1-3/h3-7H,2H2,1H3;. The molecule has 0 aromatic heterocycles. The normalized spacial score (nSPS) is 7.42. The van der Waals surface area contributed by atoms with E-state index in [4.69, 9.17) is 14.3 Å². The number of rotatable bonds is 2. The number of ether oxygens (including phenoxy) is 1. The second kappa shape index (κ2) is 7.51. The molecule has 0 radical (unpaired) electrons. The summed E-state index contributed by atoms with van der Waals surface area (Å²) in [6.45, 7) is 2.72. The Morgan fingerprint density at radius 2 is 1.75 bits per heavy atom. The highest BCUT2D eigenvalue weighted by atomic mass is 16.5. The van der Waals surface area contributed by atoms with Crippen molar-refractivity contribution in [1.82, 2.24) is 0 Å². The molecule has 1 aromatic rings. The van der Waals surface area contributed by atoms with Gasteiger partial charge < -0.3 is 4.74 Å². The average Bonchev–Trinajstić information content (AvgIpc) is 2.08. The maximum absolute atomic E-state index is 8.12. The molecule has 0 bridgehead atoms. The molecule has 0 amide bonds. The number of benzene rings is 1. The van der Waals surface area contributed by atoms with Crippen molar-refractivity contribution in [3.63, 3.8) is 0 Å². The predicted molar refractivity (Wildman–Crippen MR) is 42.6 cm³/mol. The zero-order chi connectivity index (χ0) is 9.23. The minimum absolute atomic E-state index is 0.250. The topological polar surface area (TPSA) is 43.4 Å². The molecular formula is C9H10O3. The third-order valence-electron chi connectivity index (χ3n) is 1.05. The first-order chi connectivity index (χ1) is 5.85. The molecule has 1 aromatic carbocycles. The molecule has 0 unspecified atom stereocenters. The first kappa shape index (κ1) is 10.4. The van der Waals surface area contributed by atoms with Crippen LogP contribution in [0.2, 0.25) is 0 Å². The van der Waals surface area contributed by atoms with Gasteiger partial charge in [-0.2, -0.15) is 9.59 Å². The summed E-state index contributed by atoms with van der Waals surface area (Å²) in [5, 5.41) is 0. The number of carbonyl (C=O) groups excluding carboxylic acids is 2. The molecule has 0 aliphatic rings. The molecule has 0 atom stereocenters. The summed E-state index contributed by atoms with van der Waals surface area (Å²) < 4.78 is 5.21. The Labute approximate surface area is 71.0 Å². The van der Waals surface area contributed by atoms with Crippen LogP contribution in [0.5, 0.6) is 5.75 Å². The Morgan fingerprint density at radius 1 is 1.25 bits per heavy atom. The summed E-state index contributed by atoms with van der Waals surface area (Å²) in [6, 6.07) is 9.80. The molecule has 0 aliphatic heterocycles. The Morgan fingerprint density at radius 3 is 2.17 bits per heavy atom. The van der Waals surface area contributed by atoms with Crippen LogP contribution in [-0.2, 0) is 9.59 Å². The molecule has 12 heavy (non-hydrogen) atoms. The first-order valence-corrected chi connectivity index (χ1v) is 3.52. The van der Waals surface area contributed by atoms with Crippen LogP contribution < -0.4 is 4.74 Å². The fraction of sp³-hybridized carbons (Fsp3) is 0.222. The Hall–Kier alpha value is -1.60. The van der Waals surface area contributed by atoms with Gasteiger partial charge in [-0.05, 0) is 19.1 Å². The van der Waals surface area contributed by atoms with E-state index in [9.17, 15) is 0 Å². The van der Waals surface area contributed by atoms with Crippen LogP contribution >= 0.6 is 0 Å². The molecule has 0 heterocycles. The molecule has 0 N–H and O–H groups in total. The second-order valence-corrected chi connectivity index (χ2v) is 1.83. The van der Waals surface area contributed by atoms with Crippen molar-refractivity contribution in [2.75, 3.05) is 6.61 Å². The van der Waals surface area contributed by atoms with Crippen molar-refractivity contribution in [2.45, 2.75) is 6.92 Å². The van der Waals surface area contributed by atoms with Gasteiger partial charge in [0.15, 0.2) is 0 Å². The van der Waals surface area contributed by atoms with Gasteiger partial charge in [-0.25, -0.2) is 0 Å². The van der Waals surface area contributed by atoms with Gasteiger partial charge in [-0.3, -0.25) is 0 Å². The Bertz CT molecular complexity index is 225. The lowest BCUT2D eigenvalue weighted by atomic mass is 10.3. The van der Waals surface area contributed by atoms with Crippen molar-refractivity contribution in [3.8, 4) is 5.75 Å². The summed E-state index contributed by atoms with van der Waals surface area (Å²) in [4.78, 5) is 16.2. The summed E-state index contributed by atoms with van der Waals surface area (Å²) in [5.74, 6) is 0.944. The molecular weight excluding hydrogens is 156 g/mol. The van der Waals surface area contributed by atoms with Crippen LogP contribution in [0.1, 0.15) is 6.92 Å². The fourth-order valence-electron chi connectivity index (χ4n) is 0.683. The fourth-order valence-corrected chi connectivity index (χ4v) is 0.683. The van der Waals surface area contributed by atoms with E-state index in [-0.39, 0.29) is 6.15 Å². The quantitative estimate of drug-likeness (QED) is 0.668. The second-order valence-electron chi connectivity index (χ2n) is 1.83. The van der Waals surface area contributed by atoms with Crippen LogP contribution in [0.25, 0.3) is 0 Å². The van der Waals surface area contributed by atoms with E-state index in [1.165, 1.54) is 0 Å². The molecule has 0 spiro atoms. The van der Waals surface area contributed by atoms with Crippen LogP contribution in [0, 0.1) is 0 Å². The van der Waals surface area contributed by atoms with Gasteiger partial charge in [0.25, 0.3) is 0 Å². The highest BCUT2D eigenvalue weighted by molar-refractivity contribution is 5.20. The van der Waals surface area contributed by atoms with E-state index in [1.54, 1.807) is 0 Å². The SMILES string of the molecule is CCOc1ccccc1.O=C=O. The lowest BCUT2D eigenvalue weighted by Crippen LogP contribution is -1.89. The maximum Gasteiger partial charge on any atom is 0.373 e.